The van der Waals surface area contributed by atoms with Crippen molar-refractivity contribution in [3.8, 4) is 0 Å². The van der Waals surface area contributed by atoms with Crippen LogP contribution in [0.4, 0.5) is 5.82 Å². The molecule has 2 N–H and O–H groups in total. The first-order valence-electron chi connectivity index (χ1n) is 8.36. The molecule has 0 spiro atoms. The van der Waals surface area contributed by atoms with Crippen molar-refractivity contribution >= 4 is 11.7 Å². The maximum Gasteiger partial charge on any atom is 0.290 e. The van der Waals surface area contributed by atoms with Gasteiger partial charge in [-0.15, -0.1) is 0 Å². The Balaban J connectivity index is 1.67. The van der Waals surface area contributed by atoms with Gasteiger partial charge in [0.15, 0.2) is 11.9 Å². The van der Waals surface area contributed by atoms with Crippen molar-refractivity contribution in [3.05, 3.63) is 58.6 Å². The van der Waals surface area contributed by atoms with E-state index < -0.39 is 6.10 Å². The van der Waals surface area contributed by atoms with Gasteiger partial charge in [0.2, 0.25) is 0 Å². The molecule has 2 atom stereocenters. The van der Waals surface area contributed by atoms with Gasteiger partial charge < -0.3 is 19.9 Å². The number of piperidine rings is 1. The number of rotatable bonds is 5. The Kier molecular flexibility index (Phi) is 5.45. The summed E-state index contributed by atoms with van der Waals surface area (Å²) in [5, 5.41) is 3.04. The van der Waals surface area contributed by atoms with Crippen LogP contribution in [0.15, 0.2) is 47.5 Å². The second kappa shape index (κ2) is 7.94. The molecule has 1 aliphatic heterocycles. The monoisotopic (exact) mass is 342 g/mol. The molecule has 1 amide bonds. The molecule has 1 fully saturated rings. The Bertz CT molecular complexity index is 762. The summed E-state index contributed by atoms with van der Waals surface area (Å²) >= 11 is 0. The molecular weight excluding hydrogens is 320 g/mol. The highest BCUT2D eigenvalue weighted by Gasteiger charge is 2.27. The molecule has 1 saturated heterocycles. The maximum absolute atomic E-state index is 12.6. The summed E-state index contributed by atoms with van der Waals surface area (Å²) in [6.45, 7) is 1.30. The molecule has 0 aliphatic carbocycles. The summed E-state index contributed by atoms with van der Waals surface area (Å²) in [6, 6.07) is 9.35. The third-order valence-electron chi connectivity index (χ3n) is 4.33. The van der Waals surface area contributed by atoms with Crippen LogP contribution in [0.25, 0.3) is 0 Å². The van der Waals surface area contributed by atoms with E-state index in [9.17, 15) is 9.59 Å². The van der Waals surface area contributed by atoms with E-state index in [1.807, 2.05) is 35.2 Å². The fourth-order valence-electron chi connectivity index (χ4n) is 3.16. The molecule has 1 aromatic carbocycles. The average molecular weight is 342 g/mol. The van der Waals surface area contributed by atoms with Gasteiger partial charge in [-0.2, -0.15) is 0 Å². The van der Waals surface area contributed by atoms with Gasteiger partial charge in [0.05, 0.1) is 0 Å². The number of amides is 1. The lowest BCUT2D eigenvalue weighted by atomic mass is 10.0. The zero-order valence-corrected chi connectivity index (χ0v) is 14.1. The van der Waals surface area contributed by atoms with Crippen LogP contribution in [-0.4, -0.2) is 42.1 Å². The molecular formula is C18H22N4O3. The van der Waals surface area contributed by atoms with Crippen LogP contribution in [0.1, 0.15) is 24.5 Å². The molecule has 0 bridgehead atoms. The highest BCUT2D eigenvalue weighted by atomic mass is 16.5. The Morgan fingerprint density at radius 2 is 2.20 bits per heavy atom. The minimum atomic E-state index is -0.644. The van der Waals surface area contributed by atoms with Crippen LogP contribution in [-0.2, 0) is 9.53 Å². The van der Waals surface area contributed by atoms with E-state index in [0.717, 1.165) is 24.9 Å². The van der Waals surface area contributed by atoms with E-state index >= 15 is 0 Å². The second-order valence-electron chi connectivity index (χ2n) is 6.06. The number of hydrogen-bond donors (Lipinski definition) is 2. The number of aromatic amines is 1. The first kappa shape index (κ1) is 17.2. The molecule has 3 rings (SSSR count). The molecule has 1 aromatic heterocycles. The molecule has 2 heterocycles. The van der Waals surface area contributed by atoms with Crippen LogP contribution in [0.3, 0.4) is 0 Å². The Labute approximate surface area is 146 Å². The zero-order chi connectivity index (χ0) is 17.6. The number of benzene rings is 1. The fraction of sp³-hybridized carbons (Fsp3) is 0.389. The third kappa shape index (κ3) is 4.06. The van der Waals surface area contributed by atoms with Gasteiger partial charge in [-0.3, -0.25) is 9.59 Å². The van der Waals surface area contributed by atoms with Crippen molar-refractivity contribution in [2.45, 2.75) is 25.0 Å². The number of aromatic nitrogens is 2. The predicted molar refractivity (Wildman–Crippen MR) is 94.4 cm³/mol. The molecule has 0 saturated carbocycles. The molecule has 1 aliphatic rings. The van der Waals surface area contributed by atoms with Crippen LogP contribution in [0.5, 0.6) is 0 Å². The number of hydrogen-bond acceptors (Lipinski definition) is 5. The number of nitrogens with zero attached hydrogens (tertiary/aromatic N) is 2. The number of anilines is 1. The SMILES string of the molecule is CO[C@H](C(=O)N[C@H]1CCCN(c2ncc[nH]c2=O)C1)c1ccccc1. The number of nitrogens with one attached hydrogen (secondary N) is 2. The number of methoxy groups -OCH3 is 1. The van der Waals surface area contributed by atoms with E-state index in [4.69, 9.17) is 4.74 Å². The molecule has 25 heavy (non-hydrogen) atoms. The topological polar surface area (TPSA) is 87.3 Å². The average Bonchev–Trinajstić information content (AvgIpc) is 2.64. The van der Waals surface area contributed by atoms with Crippen LogP contribution in [0, 0.1) is 0 Å². The Morgan fingerprint density at radius 1 is 1.40 bits per heavy atom. The van der Waals surface area contributed by atoms with Crippen molar-refractivity contribution in [2.24, 2.45) is 0 Å². The standard InChI is InChI=1S/C18H22N4O3/c1-25-15(13-6-3-2-4-7-13)17(23)21-14-8-5-11-22(12-14)16-18(24)20-10-9-19-16/h2-4,6-7,9-10,14-15H,5,8,11-12H2,1H3,(H,20,24)(H,21,23)/t14-,15-/m0/s1. The minimum Gasteiger partial charge on any atom is -0.367 e. The van der Waals surface area contributed by atoms with Crippen LogP contribution < -0.4 is 15.8 Å². The lowest BCUT2D eigenvalue weighted by Gasteiger charge is -2.34. The Hall–Kier alpha value is -2.67. The van der Waals surface area contributed by atoms with Gasteiger partial charge in [-0.25, -0.2) is 4.98 Å². The number of carbonyl (C=O) groups excluding carboxylic acids is 1. The van der Waals surface area contributed by atoms with Crippen molar-refractivity contribution in [1.82, 2.24) is 15.3 Å². The number of H-pyrrole nitrogens is 1. The van der Waals surface area contributed by atoms with E-state index in [2.05, 4.69) is 15.3 Å². The van der Waals surface area contributed by atoms with Crippen LogP contribution in [0.2, 0.25) is 0 Å². The van der Waals surface area contributed by atoms with Gasteiger partial charge in [-0.1, -0.05) is 30.3 Å². The first-order chi connectivity index (χ1) is 12.2. The van der Waals surface area contributed by atoms with Crippen LogP contribution >= 0.6 is 0 Å². The van der Waals surface area contributed by atoms with Crippen molar-refractivity contribution < 1.29 is 9.53 Å². The molecule has 7 heteroatoms. The van der Waals surface area contributed by atoms with Gasteiger partial charge in [0.25, 0.3) is 11.5 Å². The predicted octanol–water partition coefficient (Wildman–Crippen LogP) is 1.24. The Morgan fingerprint density at radius 3 is 2.92 bits per heavy atom. The van der Waals surface area contributed by atoms with E-state index in [1.54, 1.807) is 6.20 Å². The van der Waals surface area contributed by atoms with Crippen molar-refractivity contribution in [1.29, 1.82) is 0 Å². The summed E-state index contributed by atoms with van der Waals surface area (Å²) in [7, 11) is 1.53. The second-order valence-corrected chi connectivity index (χ2v) is 6.06. The highest BCUT2D eigenvalue weighted by molar-refractivity contribution is 5.82. The van der Waals surface area contributed by atoms with Gasteiger partial charge in [0.1, 0.15) is 0 Å². The summed E-state index contributed by atoms with van der Waals surface area (Å²) in [6.07, 6.45) is 4.17. The first-order valence-corrected chi connectivity index (χ1v) is 8.36. The van der Waals surface area contributed by atoms with E-state index in [1.165, 1.54) is 13.3 Å². The van der Waals surface area contributed by atoms with Gasteiger partial charge in [0, 0.05) is 38.6 Å². The summed E-state index contributed by atoms with van der Waals surface area (Å²) in [5.74, 6) is 0.225. The van der Waals surface area contributed by atoms with Gasteiger partial charge in [-0.05, 0) is 18.4 Å². The molecule has 0 unspecified atom stereocenters. The molecule has 132 valence electrons. The van der Waals surface area contributed by atoms with Crippen molar-refractivity contribution in [2.75, 3.05) is 25.1 Å². The molecule has 7 nitrogen and oxygen atoms in total. The zero-order valence-electron chi connectivity index (χ0n) is 14.1. The normalized spacial score (nSPS) is 18.6. The summed E-state index contributed by atoms with van der Waals surface area (Å²) < 4.78 is 5.38. The fourth-order valence-corrected chi connectivity index (χ4v) is 3.16. The third-order valence-corrected chi connectivity index (χ3v) is 4.33. The van der Waals surface area contributed by atoms with Crippen molar-refractivity contribution in [3.63, 3.8) is 0 Å². The quantitative estimate of drug-likeness (QED) is 0.854. The summed E-state index contributed by atoms with van der Waals surface area (Å²) in [5.41, 5.74) is 0.602. The maximum atomic E-state index is 12.6. The highest BCUT2D eigenvalue weighted by Crippen LogP contribution is 2.19. The van der Waals surface area contributed by atoms with Gasteiger partial charge >= 0.3 is 0 Å². The number of carbonyl (C=O) groups is 1. The number of ether oxygens (including phenoxy) is 1. The van der Waals surface area contributed by atoms with E-state index in [0.29, 0.717) is 12.4 Å². The minimum absolute atomic E-state index is 0.0518. The smallest absolute Gasteiger partial charge is 0.290 e. The lowest BCUT2D eigenvalue weighted by molar-refractivity contribution is -0.132. The molecule has 0 radical (unpaired) electrons. The van der Waals surface area contributed by atoms with E-state index in [-0.39, 0.29) is 17.5 Å². The summed E-state index contributed by atoms with van der Waals surface area (Å²) in [4.78, 5) is 33.2. The molecule has 2 aromatic rings. The lowest BCUT2D eigenvalue weighted by Crippen LogP contribution is -2.50. The largest absolute Gasteiger partial charge is 0.367 e.